The molecule has 3 rings (SSSR count). The van der Waals surface area contributed by atoms with Gasteiger partial charge in [-0.1, -0.05) is 57.2 Å². The van der Waals surface area contributed by atoms with E-state index in [1.165, 1.54) is 5.56 Å². The van der Waals surface area contributed by atoms with Gasteiger partial charge in [-0.15, -0.1) is 0 Å². The zero-order chi connectivity index (χ0) is 20.1. The van der Waals surface area contributed by atoms with Crippen LogP contribution >= 0.6 is 0 Å². The van der Waals surface area contributed by atoms with Crippen LogP contribution in [0.2, 0.25) is 0 Å². The molecule has 1 amide bonds. The van der Waals surface area contributed by atoms with Gasteiger partial charge in [0.1, 0.15) is 0 Å². The van der Waals surface area contributed by atoms with Crippen molar-refractivity contribution in [2.45, 2.75) is 33.1 Å². The Kier molecular flexibility index (Phi) is 5.73. The molecule has 0 aliphatic heterocycles. The van der Waals surface area contributed by atoms with Gasteiger partial charge in [-0.3, -0.25) is 4.79 Å². The van der Waals surface area contributed by atoms with Gasteiger partial charge in [-0.05, 0) is 36.1 Å². The summed E-state index contributed by atoms with van der Waals surface area (Å²) in [7, 11) is 0. The summed E-state index contributed by atoms with van der Waals surface area (Å²) in [5.41, 5.74) is 3.46. The number of benzene rings is 2. The van der Waals surface area contributed by atoms with E-state index in [1.54, 1.807) is 17.3 Å². The number of amides is 1. The van der Waals surface area contributed by atoms with Gasteiger partial charge in [0.05, 0.1) is 5.56 Å². The van der Waals surface area contributed by atoms with Gasteiger partial charge in [-0.25, -0.2) is 9.97 Å². The highest BCUT2D eigenvalue weighted by molar-refractivity contribution is 6.05. The maximum absolute atomic E-state index is 12.9. The average Bonchev–Trinajstić information content (AvgIpc) is 2.69. The Bertz CT molecular complexity index is 931. The molecule has 1 N–H and O–H groups in total. The van der Waals surface area contributed by atoms with Gasteiger partial charge in [0.15, 0.2) is 0 Å². The second-order valence-corrected chi connectivity index (χ2v) is 7.60. The fourth-order valence-electron chi connectivity index (χ4n) is 3.08. The van der Waals surface area contributed by atoms with Crippen LogP contribution in [0.15, 0.2) is 67.0 Å². The lowest BCUT2D eigenvalue weighted by atomic mass is 9.86. The highest BCUT2D eigenvalue weighted by atomic mass is 16.2. The first-order chi connectivity index (χ1) is 13.4. The van der Waals surface area contributed by atoms with E-state index in [4.69, 9.17) is 0 Å². The van der Waals surface area contributed by atoms with Crippen molar-refractivity contribution in [2.75, 3.05) is 16.8 Å². The second kappa shape index (κ2) is 8.21. The van der Waals surface area contributed by atoms with Gasteiger partial charge in [0, 0.05) is 30.3 Å². The van der Waals surface area contributed by atoms with Gasteiger partial charge < -0.3 is 10.2 Å². The lowest BCUT2D eigenvalue weighted by Crippen LogP contribution is -2.30. The number of anilines is 3. The highest BCUT2D eigenvalue weighted by Crippen LogP contribution is 2.30. The molecule has 0 radical (unpaired) electrons. The maximum Gasteiger partial charge on any atom is 0.261 e. The third kappa shape index (κ3) is 4.36. The lowest BCUT2D eigenvalue weighted by Gasteiger charge is -2.23. The Labute approximate surface area is 166 Å². The van der Waals surface area contributed by atoms with Gasteiger partial charge in [0.2, 0.25) is 5.95 Å². The topological polar surface area (TPSA) is 58.1 Å². The summed E-state index contributed by atoms with van der Waals surface area (Å²) in [5, 5.41) is 3.27. The molecule has 0 spiro atoms. The predicted octanol–water partition coefficient (Wildman–Crippen LogP) is 5.18. The quantitative estimate of drug-likeness (QED) is 0.668. The van der Waals surface area contributed by atoms with E-state index in [9.17, 15) is 4.79 Å². The predicted molar refractivity (Wildman–Crippen MR) is 114 cm³/mol. The lowest BCUT2D eigenvalue weighted by molar-refractivity contribution is 0.0987. The summed E-state index contributed by atoms with van der Waals surface area (Å²) in [6.07, 6.45) is 3.14. The number of aromatic nitrogens is 2. The first kappa shape index (κ1) is 19.5. The molecule has 28 heavy (non-hydrogen) atoms. The Balaban J connectivity index is 1.80. The molecule has 1 aromatic heterocycles. The Morgan fingerprint density at radius 1 is 0.964 bits per heavy atom. The smallest absolute Gasteiger partial charge is 0.261 e. The molecule has 2 aromatic carbocycles. The Morgan fingerprint density at radius 2 is 1.57 bits per heavy atom. The highest BCUT2D eigenvalue weighted by Gasteiger charge is 2.19. The molecule has 0 aliphatic carbocycles. The van der Waals surface area contributed by atoms with E-state index >= 15 is 0 Å². The van der Waals surface area contributed by atoms with Crippen LogP contribution in [0.25, 0.3) is 0 Å². The summed E-state index contributed by atoms with van der Waals surface area (Å²) < 4.78 is 0. The first-order valence-electron chi connectivity index (χ1n) is 9.45. The molecule has 1 heterocycles. The van der Waals surface area contributed by atoms with Crippen LogP contribution in [-0.4, -0.2) is 22.4 Å². The number of hydrogen-bond acceptors (Lipinski definition) is 4. The minimum Gasteiger partial charge on any atom is -0.324 e. The van der Waals surface area contributed by atoms with Gasteiger partial charge in [0.25, 0.3) is 5.91 Å². The van der Waals surface area contributed by atoms with Crippen molar-refractivity contribution in [3.8, 4) is 0 Å². The van der Waals surface area contributed by atoms with Crippen LogP contribution < -0.4 is 10.2 Å². The van der Waals surface area contributed by atoms with Crippen LogP contribution in [-0.2, 0) is 5.41 Å². The van der Waals surface area contributed by atoms with Crippen LogP contribution in [0.3, 0.4) is 0 Å². The molecule has 0 fully saturated rings. The van der Waals surface area contributed by atoms with Crippen molar-refractivity contribution in [3.05, 3.63) is 78.1 Å². The number of carbonyl (C=O) groups is 1. The SMILES string of the molecule is CCN(C(=O)c1cnc(Nc2ccccc2C(C)(C)C)nc1)c1ccccc1. The maximum atomic E-state index is 12.9. The molecule has 0 saturated carbocycles. The Morgan fingerprint density at radius 3 is 2.18 bits per heavy atom. The number of carbonyl (C=O) groups excluding carboxylic acids is 1. The molecular weight excluding hydrogens is 348 g/mol. The van der Waals surface area contributed by atoms with Crippen molar-refractivity contribution in [2.24, 2.45) is 0 Å². The van der Waals surface area contributed by atoms with Crippen molar-refractivity contribution < 1.29 is 4.79 Å². The first-order valence-corrected chi connectivity index (χ1v) is 9.45. The molecule has 0 atom stereocenters. The van der Waals surface area contributed by atoms with E-state index in [0.29, 0.717) is 18.1 Å². The van der Waals surface area contributed by atoms with Crippen LogP contribution in [0.5, 0.6) is 0 Å². The largest absolute Gasteiger partial charge is 0.324 e. The average molecular weight is 374 g/mol. The molecule has 0 aliphatic rings. The Hall–Kier alpha value is -3.21. The van der Waals surface area contributed by atoms with E-state index in [1.807, 2.05) is 55.5 Å². The number of nitrogens with one attached hydrogen (secondary N) is 1. The number of rotatable bonds is 5. The summed E-state index contributed by atoms with van der Waals surface area (Å²) in [6, 6.07) is 17.7. The van der Waals surface area contributed by atoms with Gasteiger partial charge >= 0.3 is 0 Å². The van der Waals surface area contributed by atoms with Crippen molar-refractivity contribution in [1.82, 2.24) is 9.97 Å². The summed E-state index contributed by atoms with van der Waals surface area (Å²) >= 11 is 0. The molecular formula is C23H26N4O. The number of hydrogen-bond donors (Lipinski definition) is 1. The zero-order valence-corrected chi connectivity index (χ0v) is 16.8. The van der Waals surface area contributed by atoms with Crippen molar-refractivity contribution in [3.63, 3.8) is 0 Å². The van der Waals surface area contributed by atoms with E-state index in [2.05, 4.69) is 42.1 Å². The standard InChI is InChI=1S/C23H26N4O/c1-5-27(18-11-7-6-8-12-18)21(28)17-15-24-22(25-16-17)26-20-14-10-9-13-19(20)23(2,3)4/h6-16H,5H2,1-4H3,(H,24,25,26). The molecule has 5 nitrogen and oxygen atoms in total. The van der Waals surface area contributed by atoms with Crippen molar-refractivity contribution in [1.29, 1.82) is 0 Å². The van der Waals surface area contributed by atoms with Gasteiger partial charge in [-0.2, -0.15) is 0 Å². The normalized spacial score (nSPS) is 11.1. The minimum atomic E-state index is -0.115. The fraction of sp³-hybridized carbons (Fsp3) is 0.261. The monoisotopic (exact) mass is 374 g/mol. The molecule has 0 saturated heterocycles. The third-order valence-electron chi connectivity index (χ3n) is 4.51. The van der Waals surface area contributed by atoms with Crippen molar-refractivity contribution >= 4 is 23.2 Å². The van der Waals surface area contributed by atoms with E-state index in [-0.39, 0.29) is 11.3 Å². The van der Waals surface area contributed by atoms with E-state index in [0.717, 1.165) is 11.4 Å². The number of para-hydroxylation sites is 2. The summed E-state index contributed by atoms with van der Waals surface area (Å²) in [6.45, 7) is 9.02. The molecule has 144 valence electrons. The molecule has 3 aromatic rings. The zero-order valence-electron chi connectivity index (χ0n) is 16.8. The van der Waals surface area contributed by atoms with Crippen LogP contribution in [0.4, 0.5) is 17.3 Å². The minimum absolute atomic E-state index is 0.00316. The third-order valence-corrected chi connectivity index (χ3v) is 4.51. The second-order valence-electron chi connectivity index (χ2n) is 7.60. The molecule has 0 bridgehead atoms. The molecule has 5 heteroatoms. The van der Waals surface area contributed by atoms with E-state index < -0.39 is 0 Å². The van der Waals surface area contributed by atoms with Crippen LogP contribution in [0.1, 0.15) is 43.6 Å². The summed E-state index contributed by atoms with van der Waals surface area (Å²) in [4.78, 5) is 23.3. The van der Waals surface area contributed by atoms with Crippen LogP contribution in [0, 0.1) is 0 Å². The fourth-order valence-corrected chi connectivity index (χ4v) is 3.08. The molecule has 0 unspecified atom stereocenters. The number of nitrogens with zero attached hydrogens (tertiary/aromatic N) is 3. The summed E-state index contributed by atoms with van der Waals surface area (Å²) in [5.74, 6) is 0.353.